The topological polar surface area (TPSA) is 23.2 Å². The lowest BCUT2D eigenvalue weighted by molar-refractivity contribution is 0.0602. The first-order chi connectivity index (χ1) is 12.2. The van der Waals surface area contributed by atoms with Crippen LogP contribution in [0.5, 0.6) is 0 Å². The van der Waals surface area contributed by atoms with Crippen LogP contribution in [0.2, 0.25) is 0 Å². The summed E-state index contributed by atoms with van der Waals surface area (Å²) in [7, 11) is 0. The first kappa shape index (κ1) is 16.1. The SMILES string of the molecule is C[C@@H](c1ccccc1)N1C[C@H]1C(O)(c1ccccc1)c1ccccc1. The Hall–Kier alpha value is -2.42. The van der Waals surface area contributed by atoms with E-state index in [4.69, 9.17) is 0 Å². The van der Waals surface area contributed by atoms with E-state index in [2.05, 4.69) is 36.1 Å². The van der Waals surface area contributed by atoms with Gasteiger partial charge in [0.05, 0.1) is 6.04 Å². The molecule has 0 aromatic heterocycles. The van der Waals surface area contributed by atoms with E-state index in [9.17, 15) is 5.11 Å². The fourth-order valence-electron chi connectivity index (χ4n) is 3.81. The fourth-order valence-corrected chi connectivity index (χ4v) is 3.81. The van der Waals surface area contributed by atoms with Crippen molar-refractivity contribution >= 4 is 0 Å². The molecular formula is C23H23NO. The van der Waals surface area contributed by atoms with Gasteiger partial charge in [0.25, 0.3) is 0 Å². The third-order valence-electron chi connectivity index (χ3n) is 5.34. The van der Waals surface area contributed by atoms with Crippen molar-refractivity contribution in [3.8, 4) is 0 Å². The number of hydrogen-bond acceptors (Lipinski definition) is 2. The molecule has 3 atom stereocenters. The molecule has 0 saturated carbocycles. The molecule has 1 saturated heterocycles. The van der Waals surface area contributed by atoms with Crippen molar-refractivity contribution in [2.75, 3.05) is 6.54 Å². The minimum absolute atomic E-state index is 0.0764. The molecule has 4 rings (SSSR count). The third-order valence-corrected chi connectivity index (χ3v) is 5.34. The van der Waals surface area contributed by atoms with E-state index in [1.165, 1.54) is 5.56 Å². The molecular weight excluding hydrogens is 306 g/mol. The molecule has 25 heavy (non-hydrogen) atoms. The van der Waals surface area contributed by atoms with Crippen molar-refractivity contribution < 1.29 is 5.11 Å². The van der Waals surface area contributed by atoms with Gasteiger partial charge in [-0.15, -0.1) is 0 Å². The van der Waals surface area contributed by atoms with Gasteiger partial charge >= 0.3 is 0 Å². The average Bonchev–Trinajstić information content (AvgIpc) is 3.50. The highest BCUT2D eigenvalue weighted by Gasteiger charge is 2.54. The predicted octanol–water partition coefficient (Wildman–Crippen LogP) is 4.37. The molecule has 1 N–H and O–H groups in total. The monoisotopic (exact) mass is 329 g/mol. The second kappa shape index (κ2) is 6.47. The molecule has 1 aliphatic heterocycles. The maximum Gasteiger partial charge on any atom is 0.131 e. The number of benzene rings is 3. The number of aliphatic hydroxyl groups is 1. The maximum atomic E-state index is 11.8. The first-order valence-electron chi connectivity index (χ1n) is 8.85. The molecule has 1 unspecified atom stereocenters. The van der Waals surface area contributed by atoms with Crippen LogP contribution < -0.4 is 0 Å². The fraction of sp³-hybridized carbons (Fsp3) is 0.217. The summed E-state index contributed by atoms with van der Waals surface area (Å²) in [4.78, 5) is 2.37. The van der Waals surface area contributed by atoms with Crippen LogP contribution in [-0.4, -0.2) is 22.6 Å². The quantitative estimate of drug-likeness (QED) is 0.703. The second-order valence-corrected chi connectivity index (χ2v) is 6.80. The molecule has 1 aliphatic rings. The van der Waals surface area contributed by atoms with Crippen LogP contribution in [0, 0.1) is 0 Å². The third kappa shape index (κ3) is 2.88. The van der Waals surface area contributed by atoms with Gasteiger partial charge in [-0.05, 0) is 23.6 Å². The van der Waals surface area contributed by atoms with Gasteiger partial charge in [-0.1, -0.05) is 91.0 Å². The zero-order chi connectivity index (χ0) is 17.3. The van der Waals surface area contributed by atoms with Crippen molar-refractivity contribution in [2.45, 2.75) is 24.6 Å². The Morgan fingerprint density at radius 1 is 0.800 bits per heavy atom. The van der Waals surface area contributed by atoms with Gasteiger partial charge in [-0.25, -0.2) is 0 Å². The minimum atomic E-state index is -0.994. The van der Waals surface area contributed by atoms with E-state index in [-0.39, 0.29) is 12.1 Å². The molecule has 2 heteroatoms. The van der Waals surface area contributed by atoms with Crippen LogP contribution in [0.4, 0.5) is 0 Å². The minimum Gasteiger partial charge on any atom is -0.379 e. The summed E-state index contributed by atoms with van der Waals surface area (Å²) in [6.07, 6.45) is 0. The van der Waals surface area contributed by atoms with Crippen molar-refractivity contribution in [3.05, 3.63) is 108 Å². The Kier molecular flexibility index (Phi) is 4.16. The van der Waals surface area contributed by atoms with Gasteiger partial charge < -0.3 is 5.11 Å². The van der Waals surface area contributed by atoms with Crippen LogP contribution in [0.3, 0.4) is 0 Å². The largest absolute Gasteiger partial charge is 0.379 e. The van der Waals surface area contributed by atoms with Crippen LogP contribution in [-0.2, 0) is 5.60 Å². The Bertz CT molecular complexity index is 777. The number of hydrogen-bond donors (Lipinski definition) is 1. The smallest absolute Gasteiger partial charge is 0.131 e. The Morgan fingerprint density at radius 2 is 1.24 bits per heavy atom. The summed E-state index contributed by atoms with van der Waals surface area (Å²) >= 11 is 0. The first-order valence-corrected chi connectivity index (χ1v) is 8.85. The van der Waals surface area contributed by atoms with E-state index in [0.29, 0.717) is 0 Å². The molecule has 0 aliphatic carbocycles. The molecule has 0 spiro atoms. The second-order valence-electron chi connectivity index (χ2n) is 6.80. The Labute approximate surface area is 149 Å². The normalized spacial score (nSPS) is 20.9. The Morgan fingerprint density at radius 3 is 1.72 bits per heavy atom. The highest BCUT2D eigenvalue weighted by atomic mass is 16.3. The maximum absolute atomic E-state index is 11.8. The van der Waals surface area contributed by atoms with Crippen molar-refractivity contribution in [2.24, 2.45) is 0 Å². The summed E-state index contributed by atoms with van der Waals surface area (Å²) in [5.41, 5.74) is 2.20. The van der Waals surface area contributed by atoms with Gasteiger partial charge in [0.1, 0.15) is 5.60 Å². The van der Waals surface area contributed by atoms with Gasteiger partial charge in [-0.3, -0.25) is 4.90 Å². The lowest BCUT2D eigenvalue weighted by atomic mass is 9.83. The van der Waals surface area contributed by atoms with Gasteiger partial charge in [0.2, 0.25) is 0 Å². The van der Waals surface area contributed by atoms with E-state index in [1.54, 1.807) is 0 Å². The van der Waals surface area contributed by atoms with Crippen molar-refractivity contribution in [1.29, 1.82) is 0 Å². The molecule has 1 fully saturated rings. The Balaban J connectivity index is 1.69. The van der Waals surface area contributed by atoms with Gasteiger partial charge in [-0.2, -0.15) is 0 Å². The highest BCUT2D eigenvalue weighted by molar-refractivity contribution is 5.41. The van der Waals surface area contributed by atoms with Crippen molar-refractivity contribution in [3.63, 3.8) is 0 Å². The summed E-state index contributed by atoms with van der Waals surface area (Å²) in [6.45, 7) is 3.10. The van der Waals surface area contributed by atoms with E-state index >= 15 is 0 Å². The molecule has 126 valence electrons. The van der Waals surface area contributed by atoms with Crippen molar-refractivity contribution in [1.82, 2.24) is 4.90 Å². The molecule has 3 aromatic rings. The zero-order valence-electron chi connectivity index (χ0n) is 14.4. The van der Waals surface area contributed by atoms with Crippen LogP contribution in [0.15, 0.2) is 91.0 Å². The summed E-state index contributed by atoms with van der Waals surface area (Å²) in [5, 5.41) is 11.8. The van der Waals surface area contributed by atoms with Crippen LogP contribution in [0.25, 0.3) is 0 Å². The molecule has 1 heterocycles. The van der Waals surface area contributed by atoms with Gasteiger partial charge in [0, 0.05) is 12.6 Å². The van der Waals surface area contributed by atoms with Crippen LogP contribution >= 0.6 is 0 Å². The van der Waals surface area contributed by atoms with E-state index < -0.39 is 5.60 Å². The summed E-state index contributed by atoms with van der Waals surface area (Å²) < 4.78 is 0. The van der Waals surface area contributed by atoms with E-state index in [0.717, 1.165) is 17.7 Å². The zero-order valence-corrected chi connectivity index (χ0v) is 14.4. The van der Waals surface area contributed by atoms with Crippen LogP contribution in [0.1, 0.15) is 29.7 Å². The van der Waals surface area contributed by atoms with E-state index in [1.807, 2.05) is 66.7 Å². The number of nitrogens with zero attached hydrogens (tertiary/aromatic N) is 1. The summed E-state index contributed by atoms with van der Waals surface area (Å²) in [6, 6.07) is 30.9. The average molecular weight is 329 g/mol. The highest BCUT2D eigenvalue weighted by Crippen LogP contribution is 2.46. The lowest BCUT2D eigenvalue weighted by Gasteiger charge is -2.31. The lowest BCUT2D eigenvalue weighted by Crippen LogP contribution is -2.36. The molecule has 2 nitrogen and oxygen atoms in total. The standard InChI is InChI=1S/C23H23NO/c1-18(19-11-5-2-6-12-19)24-17-22(24)23(25,20-13-7-3-8-14-20)21-15-9-4-10-16-21/h2-16,18,22,25H,17H2,1H3/t18-,22-,24?/m0/s1. The molecule has 0 amide bonds. The molecule has 3 aromatic carbocycles. The summed E-state index contributed by atoms with van der Waals surface area (Å²) in [5.74, 6) is 0. The predicted molar refractivity (Wildman–Crippen MR) is 101 cm³/mol. The van der Waals surface area contributed by atoms with Gasteiger partial charge in [0.15, 0.2) is 0 Å². The number of rotatable bonds is 5. The molecule has 0 bridgehead atoms. The molecule has 0 radical (unpaired) electrons.